The van der Waals surface area contributed by atoms with Gasteiger partial charge in [-0.2, -0.15) is 0 Å². The lowest BCUT2D eigenvalue weighted by Crippen LogP contribution is -2.10. The number of hydrogen-bond acceptors (Lipinski definition) is 3. The molecule has 0 bridgehead atoms. The Morgan fingerprint density at radius 1 is 1.35 bits per heavy atom. The molecule has 2 nitrogen and oxygen atoms in total. The molecule has 1 heterocycles. The van der Waals surface area contributed by atoms with Crippen molar-refractivity contribution in [2.45, 2.75) is 13.3 Å². The molecule has 17 heavy (non-hydrogen) atoms. The predicted octanol–water partition coefficient (Wildman–Crippen LogP) is 3.02. The van der Waals surface area contributed by atoms with E-state index >= 15 is 0 Å². The van der Waals surface area contributed by atoms with E-state index in [2.05, 4.69) is 10.3 Å². The topological polar surface area (TPSA) is 24.9 Å². The number of nitrogens with zero attached hydrogens (tertiary/aromatic N) is 1. The van der Waals surface area contributed by atoms with Gasteiger partial charge in [0.25, 0.3) is 0 Å². The molecule has 0 radical (unpaired) electrons. The largest absolute Gasteiger partial charge is 0.319 e. The molecule has 2 aromatic rings. The van der Waals surface area contributed by atoms with E-state index in [-0.39, 0.29) is 5.82 Å². The van der Waals surface area contributed by atoms with E-state index in [4.69, 9.17) is 0 Å². The van der Waals surface area contributed by atoms with Gasteiger partial charge in [0.2, 0.25) is 0 Å². The smallest absolute Gasteiger partial charge is 0.133 e. The average molecular weight is 250 g/mol. The van der Waals surface area contributed by atoms with Crippen LogP contribution in [0.4, 0.5) is 4.39 Å². The van der Waals surface area contributed by atoms with Gasteiger partial charge in [-0.3, -0.25) is 0 Å². The average Bonchev–Trinajstić information content (AvgIpc) is 2.68. The number of aromatic nitrogens is 1. The normalized spacial score (nSPS) is 10.8. The molecule has 4 heteroatoms. The Balaban J connectivity index is 2.31. The van der Waals surface area contributed by atoms with Crippen molar-refractivity contribution < 1.29 is 4.39 Å². The van der Waals surface area contributed by atoms with Crippen LogP contribution in [0.3, 0.4) is 0 Å². The fourth-order valence-corrected chi connectivity index (χ4v) is 2.64. The molecule has 0 atom stereocenters. The summed E-state index contributed by atoms with van der Waals surface area (Å²) >= 11 is 1.55. The van der Waals surface area contributed by atoms with Gasteiger partial charge >= 0.3 is 0 Å². The highest BCUT2D eigenvalue weighted by atomic mass is 32.1. The number of aryl methyl sites for hydroxylation is 1. The van der Waals surface area contributed by atoms with Crippen LogP contribution < -0.4 is 5.32 Å². The van der Waals surface area contributed by atoms with Crippen LogP contribution in [0.1, 0.15) is 10.6 Å². The van der Waals surface area contributed by atoms with Gasteiger partial charge in [-0.15, -0.1) is 11.3 Å². The first-order chi connectivity index (χ1) is 8.22. The minimum absolute atomic E-state index is 0.207. The van der Waals surface area contributed by atoms with Gasteiger partial charge < -0.3 is 5.32 Å². The molecular weight excluding hydrogens is 235 g/mol. The van der Waals surface area contributed by atoms with Gasteiger partial charge in [0.05, 0.1) is 5.69 Å². The maximum atomic E-state index is 13.6. The van der Waals surface area contributed by atoms with Crippen LogP contribution in [0.5, 0.6) is 0 Å². The number of benzene rings is 1. The van der Waals surface area contributed by atoms with Crippen molar-refractivity contribution in [1.29, 1.82) is 0 Å². The highest BCUT2D eigenvalue weighted by Gasteiger charge is 2.11. The van der Waals surface area contributed by atoms with Crippen molar-refractivity contribution in [2.24, 2.45) is 0 Å². The molecule has 0 aliphatic carbocycles. The summed E-state index contributed by atoms with van der Waals surface area (Å²) in [4.78, 5) is 5.68. The summed E-state index contributed by atoms with van der Waals surface area (Å²) in [7, 11) is 1.92. The molecule has 0 saturated heterocycles. The van der Waals surface area contributed by atoms with Crippen LogP contribution in [0.15, 0.2) is 24.3 Å². The van der Waals surface area contributed by atoms with Gasteiger partial charge in [-0.25, -0.2) is 9.37 Å². The fraction of sp³-hybridized carbons (Fsp3) is 0.308. The number of halogens is 1. The van der Waals surface area contributed by atoms with E-state index in [1.807, 2.05) is 20.0 Å². The van der Waals surface area contributed by atoms with Gasteiger partial charge in [-0.05, 0) is 26.1 Å². The van der Waals surface area contributed by atoms with Gasteiger partial charge in [-0.1, -0.05) is 12.1 Å². The van der Waals surface area contributed by atoms with Crippen LogP contribution in [0, 0.1) is 12.7 Å². The summed E-state index contributed by atoms with van der Waals surface area (Å²) in [6.07, 6.45) is 0.882. The first kappa shape index (κ1) is 12.2. The van der Waals surface area contributed by atoms with Crippen LogP contribution in [-0.4, -0.2) is 18.6 Å². The van der Waals surface area contributed by atoms with Crippen molar-refractivity contribution in [1.82, 2.24) is 10.3 Å². The molecule has 1 aromatic carbocycles. The molecule has 0 amide bonds. The van der Waals surface area contributed by atoms with Crippen molar-refractivity contribution >= 4 is 11.3 Å². The van der Waals surface area contributed by atoms with E-state index in [0.717, 1.165) is 23.7 Å². The molecule has 2 rings (SSSR count). The SMILES string of the molecule is CNCCc1nc(-c2ccccc2F)sc1C. The second-order valence-electron chi connectivity index (χ2n) is 3.86. The van der Waals surface area contributed by atoms with Crippen molar-refractivity contribution in [3.8, 4) is 10.6 Å². The molecule has 1 N–H and O–H groups in total. The van der Waals surface area contributed by atoms with Crippen molar-refractivity contribution in [3.05, 3.63) is 40.7 Å². The number of thiazole rings is 1. The van der Waals surface area contributed by atoms with E-state index < -0.39 is 0 Å². The Morgan fingerprint density at radius 2 is 2.12 bits per heavy atom. The minimum atomic E-state index is -0.207. The summed E-state index contributed by atoms with van der Waals surface area (Å²) in [5.41, 5.74) is 1.65. The Kier molecular flexibility index (Phi) is 3.86. The summed E-state index contributed by atoms with van der Waals surface area (Å²) in [5, 5.41) is 3.86. The van der Waals surface area contributed by atoms with Crippen molar-refractivity contribution in [3.63, 3.8) is 0 Å². The first-order valence-electron chi connectivity index (χ1n) is 5.58. The van der Waals surface area contributed by atoms with E-state index in [9.17, 15) is 4.39 Å². The first-order valence-corrected chi connectivity index (χ1v) is 6.40. The molecule has 0 spiro atoms. The third kappa shape index (κ3) is 2.70. The second kappa shape index (κ2) is 5.38. The highest BCUT2D eigenvalue weighted by Crippen LogP contribution is 2.29. The molecule has 0 saturated carbocycles. The number of nitrogens with one attached hydrogen (secondary N) is 1. The Labute approximate surface area is 105 Å². The van der Waals surface area contributed by atoms with Gasteiger partial charge in [0, 0.05) is 23.4 Å². The Hall–Kier alpha value is -1.26. The summed E-state index contributed by atoms with van der Waals surface area (Å²) in [6, 6.07) is 6.78. The third-order valence-corrected chi connectivity index (χ3v) is 3.66. The van der Waals surface area contributed by atoms with Gasteiger partial charge in [0.1, 0.15) is 10.8 Å². The molecule has 0 unspecified atom stereocenters. The lowest BCUT2D eigenvalue weighted by Gasteiger charge is -1.98. The third-order valence-electron chi connectivity index (χ3n) is 2.61. The minimum Gasteiger partial charge on any atom is -0.319 e. The van der Waals surface area contributed by atoms with Crippen LogP contribution in [0.2, 0.25) is 0 Å². The zero-order valence-electron chi connectivity index (χ0n) is 9.96. The van der Waals surface area contributed by atoms with E-state index in [1.165, 1.54) is 10.9 Å². The summed E-state index contributed by atoms with van der Waals surface area (Å²) < 4.78 is 13.6. The van der Waals surface area contributed by atoms with E-state index in [1.54, 1.807) is 23.5 Å². The standard InChI is InChI=1S/C13H15FN2S/c1-9-12(7-8-15-2)16-13(17-9)10-5-3-4-6-11(10)14/h3-6,15H,7-8H2,1-2H3. The quantitative estimate of drug-likeness (QED) is 0.902. The Bertz CT molecular complexity index is 508. The number of hydrogen-bond donors (Lipinski definition) is 1. The molecule has 0 aliphatic rings. The van der Waals surface area contributed by atoms with Crippen LogP contribution in [-0.2, 0) is 6.42 Å². The maximum absolute atomic E-state index is 13.6. The monoisotopic (exact) mass is 250 g/mol. The molecule has 1 aromatic heterocycles. The molecule has 90 valence electrons. The highest BCUT2D eigenvalue weighted by molar-refractivity contribution is 7.15. The Morgan fingerprint density at radius 3 is 2.82 bits per heavy atom. The van der Waals surface area contributed by atoms with Crippen molar-refractivity contribution in [2.75, 3.05) is 13.6 Å². The lowest BCUT2D eigenvalue weighted by molar-refractivity contribution is 0.631. The maximum Gasteiger partial charge on any atom is 0.133 e. The lowest BCUT2D eigenvalue weighted by atomic mass is 10.2. The zero-order chi connectivity index (χ0) is 12.3. The summed E-state index contributed by atoms with van der Waals surface area (Å²) in [5.74, 6) is -0.207. The van der Waals surface area contributed by atoms with E-state index in [0.29, 0.717) is 5.56 Å². The molecule has 0 fully saturated rings. The van der Waals surface area contributed by atoms with Crippen LogP contribution in [0.25, 0.3) is 10.6 Å². The summed E-state index contributed by atoms with van der Waals surface area (Å²) in [6.45, 7) is 2.92. The van der Waals surface area contributed by atoms with Gasteiger partial charge in [0.15, 0.2) is 0 Å². The second-order valence-corrected chi connectivity index (χ2v) is 5.06. The fourth-order valence-electron chi connectivity index (χ4n) is 1.65. The number of likely N-dealkylation sites (N-methyl/N-ethyl adjacent to an activating group) is 1. The molecular formula is C13H15FN2S. The molecule has 0 aliphatic heterocycles. The number of rotatable bonds is 4. The zero-order valence-corrected chi connectivity index (χ0v) is 10.8. The predicted molar refractivity (Wildman–Crippen MR) is 69.9 cm³/mol. The van der Waals surface area contributed by atoms with Crippen LogP contribution >= 0.6 is 11.3 Å².